The first-order chi connectivity index (χ1) is 25.8. The summed E-state index contributed by atoms with van der Waals surface area (Å²) in [5, 5.41) is 0. The van der Waals surface area contributed by atoms with Crippen molar-refractivity contribution < 1.29 is 38.1 Å². The first kappa shape index (κ1) is 51.9. The Bertz CT molecular complexity index is 926. The van der Waals surface area contributed by atoms with E-state index in [1.807, 2.05) is 0 Å². The van der Waals surface area contributed by atoms with E-state index in [9.17, 15) is 19.2 Å². The van der Waals surface area contributed by atoms with E-state index < -0.39 is 47.8 Å². The van der Waals surface area contributed by atoms with Gasteiger partial charge in [0, 0.05) is 33.6 Å². The normalized spacial score (nSPS) is 13.2. The van der Waals surface area contributed by atoms with E-state index >= 15 is 0 Å². The number of rotatable bonds is 37. The van der Waals surface area contributed by atoms with E-state index in [0.29, 0.717) is 6.42 Å². The van der Waals surface area contributed by atoms with Gasteiger partial charge in [0.25, 0.3) is 0 Å². The van der Waals surface area contributed by atoms with Crippen molar-refractivity contribution in [3.63, 3.8) is 0 Å². The minimum atomic E-state index is -0.830. The molecule has 0 saturated heterocycles. The Morgan fingerprint density at radius 2 is 0.685 bits per heavy atom. The fourth-order valence-electron chi connectivity index (χ4n) is 7.31. The summed E-state index contributed by atoms with van der Waals surface area (Å²) in [6.07, 6.45) is 35.5. The highest BCUT2D eigenvalue weighted by Crippen LogP contribution is 2.23. The van der Waals surface area contributed by atoms with Crippen LogP contribution < -0.4 is 0 Å². The van der Waals surface area contributed by atoms with Gasteiger partial charge in [-0.2, -0.15) is 0 Å². The Morgan fingerprint density at radius 1 is 0.407 bits per heavy atom. The molecule has 8 nitrogen and oxygen atoms in total. The summed E-state index contributed by atoms with van der Waals surface area (Å²) in [5.41, 5.74) is -0.682. The lowest BCUT2D eigenvalue weighted by molar-refractivity contribution is -0.163. The highest BCUT2D eigenvalue weighted by molar-refractivity contribution is 5.72. The van der Waals surface area contributed by atoms with Crippen molar-refractivity contribution in [2.24, 2.45) is 0 Å². The maximum atomic E-state index is 12.5. The van der Waals surface area contributed by atoms with Gasteiger partial charge >= 0.3 is 23.9 Å². The molecule has 0 bridgehead atoms. The summed E-state index contributed by atoms with van der Waals surface area (Å²) in [5.74, 6) is -1.93. The Labute approximate surface area is 332 Å². The van der Waals surface area contributed by atoms with E-state index in [0.717, 1.165) is 19.3 Å². The number of carbonyl (C=O) groups is 4. The topological polar surface area (TPSA) is 105 Å². The molecule has 0 radical (unpaired) electrons. The second-order valence-corrected chi connectivity index (χ2v) is 16.9. The second kappa shape index (κ2) is 35.3. The Balaban J connectivity index is 4.03. The van der Waals surface area contributed by atoms with Gasteiger partial charge in [-0.25, -0.2) is 0 Å². The van der Waals surface area contributed by atoms with E-state index in [1.165, 1.54) is 175 Å². The lowest BCUT2D eigenvalue weighted by atomic mass is 9.98. The fourth-order valence-corrected chi connectivity index (χ4v) is 7.31. The number of esters is 4. The van der Waals surface area contributed by atoms with Crippen molar-refractivity contribution in [3.8, 4) is 0 Å². The average Bonchev–Trinajstić information content (AvgIpc) is 3.06. The zero-order valence-electron chi connectivity index (χ0n) is 36.4. The number of hydrogen-bond donors (Lipinski definition) is 0. The molecule has 54 heavy (non-hydrogen) atoms. The van der Waals surface area contributed by atoms with Crippen LogP contribution in [-0.4, -0.2) is 47.8 Å². The molecule has 0 N–H and O–H groups in total. The molecule has 8 heteroatoms. The molecule has 318 valence electrons. The van der Waals surface area contributed by atoms with Crippen LogP contribution in [0.4, 0.5) is 0 Å². The summed E-state index contributed by atoms with van der Waals surface area (Å²) in [6, 6.07) is 0. The molecule has 0 saturated carbocycles. The Kier molecular flexibility index (Phi) is 33.9. The summed E-state index contributed by atoms with van der Waals surface area (Å²) in [7, 11) is 0. The molecular weight excluding hydrogens is 680 g/mol. The molecule has 0 fully saturated rings. The number of unbranched alkanes of at least 4 members (excludes halogenated alkanes) is 26. The minimum absolute atomic E-state index is 0.107. The summed E-state index contributed by atoms with van der Waals surface area (Å²) in [6.45, 7) is 11.5. The van der Waals surface area contributed by atoms with Gasteiger partial charge in [0.2, 0.25) is 0 Å². The van der Waals surface area contributed by atoms with Crippen LogP contribution in [0.2, 0.25) is 0 Å². The maximum Gasteiger partial charge on any atom is 0.310 e. The van der Waals surface area contributed by atoms with Crippen LogP contribution in [0.25, 0.3) is 0 Å². The molecule has 0 aliphatic carbocycles. The van der Waals surface area contributed by atoms with Crippen LogP contribution in [-0.2, 0) is 38.1 Å². The van der Waals surface area contributed by atoms with Crippen molar-refractivity contribution >= 4 is 23.9 Å². The van der Waals surface area contributed by atoms with Gasteiger partial charge in [0.1, 0.15) is 23.9 Å². The van der Waals surface area contributed by atoms with Gasteiger partial charge in [-0.1, -0.05) is 174 Å². The third-order valence-corrected chi connectivity index (χ3v) is 9.99. The molecular formula is C46H86O8. The molecule has 0 aromatic heterocycles. The quantitative estimate of drug-likeness (QED) is 0.0350. The predicted molar refractivity (Wildman–Crippen MR) is 221 cm³/mol. The monoisotopic (exact) mass is 767 g/mol. The van der Waals surface area contributed by atoms with Crippen molar-refractivity contribution in [1.29, 1.82) is 0 Å². The van der Waals surface area contributed by atoms with E-state index in [1.54, 1.807) is 20.8 Å². The summed E-state index contributed by atoms with van der Waals surface area (Å²) >= 11 is 0. The number of ether oxygens (including phenoxy) is 4. The third kappa shape index (κ3) is 38.2. The molecule has 0 aliphatic heterocycles. The van der Waals surface area contributed by atoms with E-state index in [2.05, 4.69) is 6.92 Å². The van der Waals surface area contributed by atoms with Crippen molar-refractivity contribution in [2.75, 3.05) is 0 Å². The lowest BCUT2D eigenvalue weighted by Gasteiger charge is -2.27. The zero-order chi connectivity index (χ0) is 40.3. The Hall–Kier alpha value is -2.12. The van der Waals surface area contributed by atoms with Gasteiger partial charge in [0.05, 0.1) is 6.42 Å². The molecule has 0 aromatic carbocycles. The van der Waals surface area contributed by atoms with Crippen LogP contribution in [0.3, 0.4) is 0 Å². The maximum absolute atomic E-state index is 12.5. The number of carbonyl (C=O) groups excluding carboxylic acids is 4. The molecule has 0 aliphatic rings. The standard InChI is InChI=1S/C46H86O8/c1-8-9-10-11-12-13-14-15-16-17-18-19-20-21-22-23-24-25-26-27-28-29-30-31-32-33-34-35-42(51-39(2)47)36-43(52-40(3)48)37-44(53-41(4)49)38-45(50)54-46(5,6)7/h42-44H,8-38H2,1-7H3/t42-,43+,44+/m1/s1. The fraction of sp³-hybridized carbons (Fsp3) is 0.913. The Morgan fingerprint density at radius 3 is 1.00 bits per heavy atom. The first-order valence-electron chi connectivity index (χ1n) is 22.6. The van der Waals surface area contributed by atoms with Crippen LogP contribution in [0.15, 0.2) is 0 Å². The minimum Gasteiger partial charge on any atom is -0.462 e. The molecule has 0 rings (SSSR count). The van der Waals surface area contributed by atoms with Gasteiger partial charge < -0.3 is 18.9 Å². The van der Waals surface area contributed by atoms with Gasteiger partial charge in [-0.3, -0.25) is 19.2 Å². The highest BCUT2D eigenvalue weighted by Gasteiger charge is 2.29. The summed E-state index contributed by atoms with van der Waals surface area (Å²) < 4.78 is 21.9. The van der Waals surface area contributed by atoms with Crippen LogP contribution in [0.1, 0.15) is 248 Å². The van der Waals surface area contributed by atoms with E-state index in [4.69, 9.17) is 18.9 Å². The van der Waals surface area contributed by atoms with E-state index in [-0.39, 0.29) is 19.3 Å². The first-order valence-corrected chi connectivity index (χ1v) is 22.6. The number of hydrogen-bond acceptors (Lipinski definition) is 8. The molecule has 3 atom stereocenters. The average molecular weight is 767 g/mol. The van der Waals surface area contributed by atoms with Crippen LogP contribution in [0.5, 0.6) is 0 Å². The molecule has 0 unspecified atom stereocenters. The van der Waals surface area contributed by atoms with Crippen molar-refractivity contribution in [1.82, 2.24) is 0 Å². The highest BCUT2D eigenvalue weighted by atomic mass is 16.6. The zero-order valence-corrected chi connectivity index (χ0v) is 36.4. The molecule has 0 aromatic rings. The van der Waals surface area contributed by atoms with Gasteiger partial charge in [-0.05, 0) is 33.6 Å². The second-order valence-electron chi connectivity index (χ2n) is 16.9. The molecule has 0 heterocycles. The summed E-state index contributed by atoms with van der Waals surface area (Å²) in [4.78, 5) is 48.1. The predicted octanol–water partition coefficient (Wildman–Crippen LogP) is 13.2. The van der Waals surface area contributed by atoms with Crippen molar-refractivity contribution in [2.45, 2.75) is 271 Å². The van der Waals surface area contributed by atoms with Crippen LogP contribution >= 0.6 is 0 Å². The van der Waals surface area contributed by atoms with Gasteiger partial charge in [-0.15, -0.1) is 0 Å². The van der Waals surface area contributed by atoms with Gasteiger partial charge in [0.15, 0.2) is 0 Å². The third-order valence-electron chi connectivity index (χ3n) is 9.99. The van der Waals surface area contributed by atoms with Crippen LogP contribution in [0, 0.1) is 0 Å². The molecule has 0 amide bonds. The lowest BCUT2D eigenvalue weighted by Crippen LogP contribution is -2.33. The largest absolute Gasteiger partial charge is 0.462 e. The smallest absolute Gasteiger partial charge is 0.310 e. The SMILES string of the molecule is CCCCCCCCCCCCCCCCCCCCCCCCCCCCC[C@H](C[C@@H](C[C@@H](CC(=O)OC(C)(C)C)OC(C)=O)OC(C)=O)OC(C)=O. The molecule has 0 spiro atoms. The van der Waals surface area contributed by atoms with Crippen molar-refractivity contribution in [3.05, 3.63) is 0 Å².